The lowest BCUT2D eigenvalue weighted by Gasteiger charge is -2.07. The molecule has 1 heterocycles. The number of H-pyrrole nitrogens is 1. The Bertz CT molecular complexity index is 616. The van der Waals surface area contributed by atoms with Gasteiger partial charge >= 0.3 is 0 Å². The van der Waals surface area contributed by atoms with Crippen molar-refractivity contribution in [3.8, 4) is 0 Å². The number of hydrogen-bond acceptors (Lipinski definition) is 1. The molecule has 1 aromatic heterocycles. The van der Waals surface area contributed by atoms with Crippen LogP contribution in [-0.4, -0.2) is 17.4 Å². The van der Waals surface area contributed by atoms with Gasteiger partial charge in [0.25, 0.3) is 0 Å². The van der Waals surface area contributed by atoms with E-state index in [1.165, 1.54) is 6.07 Å². The molecule has 3 nitrogen and oxygen atoms in total. The molecule has 2 aromatic rings. The highest BCUT2D eigenvalue weighted by molar-refractivity contribution is 5.84. The number of hydrogen-bond donors (Lipinski definition) is 2. The largest absolute Gasteiger partial charge is 0.358 e. The molecule has 0 aliphatic rings. The van der Waals surface area contributed by atoms with Gasteiger partial charge in [-0.2, -0.15) is 0 Å². The lowest BCUT2D eigenvalue weighted by atomic mass is 10.1. The van der Waals surface area contributed by atoms with Crippen LogP contribution in [0.4, 0.5) is 4.39 Å². The summed E-state index contributed by atoms with van der Waals surface area (Å²) in [5, 5.41) is 3.82. The zero-order valence-corrected chi connectivity index (χ0v) is 12.2. The van der Waals surface area contributed by atoms with Crippen molar-refractivity contribution in [1.82, 2.24) is 10.3 Å². The number of benzene rings is 1. The smallest absolute Gasteiger partial charge is 0.220 e. The zero-order chi connectivity index (χ0) is 14.7. The molecule has 20 heavy (non-hydrogen) atoms. The van der Waals surface area contributed by atoms with E-state index in [1.54, 1.807) is 12.1 Å². The van der Waals surface area contributed by atoms with Crippen molar-refractivity contribution < 1.29 is 9.18 Å². The topological polar surface area (TPSA) is 44.9 Å². The summed E-state index contributed by atoms with van der Waals surface area (Å²) in [7, 11) is 0. The van der Waals surface area contributed by atoms with Crippen LogP contribution in [0.3, 0.4) is 0 Å². The van der Waals surface area contributed by atoms with Crippen molar-refractivity contribution >= 4 is 16.8 Å². The molecule has 108 valence electrons. The molecule has 0 fully saturated rings. The van der Waals surface area contributed by atoms with Gasteiger partial charge in [-0.15, -0.1) is 0 Å². The van der Waals surface area contributed by atoms with Gasteiger partial charge in [-0.05, 0) is 43.0 Å². The van der Waals surface area contributed by atoms with E-state index in [-0.39, 0.29) is 11.7 Å². The quantitative estimate of drug-likeness (QED) is 0.864. The highest BCUT2D eigenvalue weighted by Gasteiger charge is 2.10. The van der Waals surface area contributed by atoms with Gasteiger partial charge in [-0.25, -0.2) is 4.39 Å². The van der Waals surface area contributed by atoms with E-state index in [2.05, 4.69) is 10.3 Å². The van der Waals surface area contributed by atoms with Crippen LogP contribution in [0.25, 0.3) is 10.9 Å². The number of aromatic nitrogens is 1. The zero-order valence-electron chi connectivity index (χ0n) is 12.2. The SMILES string of the molecule is Cc1[nH]c2ccc(F)cc2c1CCNC(=O)CC(C)C. The molecule has 0 unspecified atom stereocenters. The maximum atomic E-state index is 13.3. The Morgan fingerprint density at radius 3 is 2.85 bits per heavy atom. The number of amides is 1. The Balaban J connectivity index is 2.04. The summed E-state index contributed by atoms with van der Waals surface area (Å²) in [6.07, 6.45) is 1.25. The van der Waals surface area contributed by atoms with Crippen LogP contribution in [0, 0.1) is 18.7 Å². The van der Waals surface area contributed by atoms with E-state index in [9.17, 15) is 9.18 Å². The Labute approximate surface area is 118 Å². The Morgan fingerprint density at radius 1 is 1.40 bits per heavy atom. The van der Waals surface area contributed by atoms with Crippen LogP contribution in [0.15, 0.2) is 18.2 Å². The normalized spacial score (nSPS) is 11.2. The fourth-order valence-corrected chi connectivity index (χ4v) is 2.45. The van der Waals surface area contributed by atoms with Gasteiger partial charge < -0.3 is 10.3 Å². The number of halogens is 1. The first-order valence-electron chi connectivity index (χ1n) is 7.00. The van der Waals surface area contributed by atoms with Crippen LogP contribution in [0.5, 0.6) is 0 Å². The second kappa shape index (κ2) is 6.07. The minimum atomic E-state index is -0.235. The van der Waals surface area contributed by atoms with Crippen molar-refractivity contribution in [3.05, 3.63) is 35.3 Å². The van der Waals surface area contributed by atoms with Gasteiger partial charge in [0.2, 0.25) is 5.91 Å². The van der Waals surface area contributed by atoms with E-state index in [0.29, 0.717) is 25.3 Å². The molecule has 1 amide bonds. The molecule has 2 N–H and O–H groups in total. The standard InChI is InChI=1S/C16H21FN2O/c1-10(2)8-16(20)18-7-6-13-11(3)19-15-5-4-12(17)9-14(13)15/h4-5,9-10,19H,6-8H2,1-3H3,(H,18,20). The van der Waals surface area contributed by atoms with Crippen LogP contribution >= 0.6 is 0 Å². The number of carbonyl (C=O) groups is 1. The second-order valence-electron chi connectivity index (χ2n) is 5.62. The number of nitrogens with one attached hydrogen (secondary N) is 2. The second-order valence-corrected chi connectivity index (χ2v) is 5.62. The van der Waals surface area contributed by atoms with E-state index in [0.717, 1.165) is 22.2 Å². The van der Waals surface area contributed by atoms with E-state index in [1.807, 2.05) is 20.8 Å². The summed E-state index contributed by atoms with van der Waals surface area (Å²) in [6, 6.07) is 4.75. The molecule has 4 heteroatoms. The van der Waals surface area contributed by atoms with E-state index in [4.69, 9.17) is 0 Å². The van der Waals surface area contributed by atoms with Crippen molar-refractivity contribution in [1.29, 1.82) is 0 Å². The molecule has 0 spiro atoms. The van der Waals surface area contributed by atoms with Crippen molar-refractivity contribution in [2.45, 2.75) is 33.6 Å². The van der Waals surface area contributed by atoms with Gasteiger partial charge in [0, 0.05) is 29.6 Å². The summed E-state index contributed by atoms with van der Waals surface area (Å²) in [5.41, 5.74) is 3.04. The average Bonchev–Trinajstić information content (AvgIpc) is 2.65. The van der Waals surface area contributed by atoms with Crippen molar-refractivity contribution in [2.24, 2.45) is 5.92 Å². The summed E-state index contributed by atoms with van der Waals surface area (Å²) in [5.74, 6) is 0.198. The molecule has 1 aromatic carbocycles. The highest BCUT2D eigenvalue weighted by Crippen LogP contribution is 2.23. The van der Waals surface area contributed by atoms with Crippen LogP contribution < -0.4 is 5.32 Å². The van der Waals surface area contributed by atoms with Crippen molar-refractivity contribution in [3.63, 3.8) is 0 Å². The first-order valence-corrected chi connectivity index (χ1v) is 7.00. The minimum Gasteiger partial charge on any atom is -0.358 e. The monoisotopic (exact) mass is 276 g/mol. The van der Waals surface area contributed by atoms with Crippen LogP contribution in [0.1, 0.15) is 31.5 Å². The number of aryl methyl sites for hydroxylation is 1. The summed E-state index contributed by atoms with van der Waals surface area (Å²) < 4.78 is 13.3. The summed E-state index contributed by atoms with van der Waals surface area (Å²) in [4.78, 5) is 14.9. The Hall–Kier alpha value is -1.84. The molecule has 2 rings (SSSR count). The third-order valence-corrected chi connectivity index (χ3v) is 3.37. The molecule has 0 aliphatic carbocycles. The van der Waals surface area contributed by atoms with Gasteiger partial charge in [-0.1, -0.05) is 13.8 Å². The molecular weight excluding hydrogens is 255 g/mol. The number of aromatic amines is 1. The third-order valence-electron chi connectivity index (χ3n) is 3.37. The predicted octanol–water partition coefficient (Wildman–Crippen LogP) is 3.32. The summed E-state index contributed by atoms with van der Waals surface area (Å²) >= 11 is 0. The molecule has 0 bridgehead atoms. The molecular formula is C16H21FN2O. The lowest BCUT2D eigenvalue weighted by molar-refractivity contribution is -0.121. The maximum Gasteiger partial charge on any atom is 0.220 e. The number of carbonyl (C=O) groups excluding carboxylic acids is 1. The van der Waals surface area contributed by atoms with Crippen LogP contribution in [0.2, 0.25) is 0 Å². The first-order chi connectivity index (χ1) is 9.47. The van der Waals surface area contributed by atoms with Gasteiger partial charge in [0.15, 0.2) is 0 Å². The van der Waals surface area contributed by atoms with Crippen LogP contribution in [-0.2, 0) is 11.2 Å². The maximum absolute atomic E-state index is 13.3. The van der Waals surface area contributed by atoms with Gasteiger partial charge in [-0.3, -0.25) is 4.79 Å². The number of rotatable bonds is 5. The third kappa shape index (κ3) is 3.38. The molecule has 0 saturated heterocycles. The first kappa shape index (κ1) is 14.6. The fraction of sp³-hybridized carbons (Fsp3) is 0.438. The van der Waals surface area contributed by atoms with E-state index >= 15 is 0 Å². The number of fused-ring (bicyclic) bond motifs is 1. The Kier molecular flexibility index (Phi) is 4.42. The van der Waals surface area contributed by atoms with Gasteiger partial charge in [0.05, 0.1) is 0 Å². The molecule has 0 aliphatic heterocycles. The summed E-state index contributed by atoms with van der Waals surface area (Å²) in [6.45, 7) is 6.59. The minimum absolute atomic E-state index is 0.0728. The lowest BCUT2D eigenvalue weighted by Crippen LogP contribution is -2.26. The van der Waals surface area contributed by atoms with Crippen molar-refractivity contribution in [2.75, 3.05) is 6.54 Å². The van der Waals surface area contributed by atoms with Gasteiger partial charge in [0.1, 0.15) is 5.82 Å². The fourth-order valence-electron chi connectivity index (χ4n) is 2.45. The molecule has 0 saturated carbocycles. The average molecular weight is 276 g/mol. The molecule has 0 radical (unpaired) electrons. The predicted molar refractivity (Wildman–Crippen MR) is 79.2 cm³/mol. The van der Waals surface area contributed by atoms with E-state index < -0.39 is 0 Å². The Morgan fingerprint density at radius 2 is 2.15 bits per heavy atom. The highest BCUT2D eigenvalue weighted by atomic mass is 19.1. The molecule has 0 atom stereocenters.